The minimum Gasteiger partial charge on any atom is -0.493 e. The lowest BCUT2D eigenvalue weighted by atomic mass is 10.1. The number of benzene rings is 1. The molecule has 2 heterocycles. The van der Waals surface area contributed by atoms with Crippen molar-refractivity contribution in [2.24, 2.45) is 5.73 Å². The second-order valence-corrected chi connectivity index (χ2v) is 7.45. The largest absolute Gasteiger partial charge is 0.493 e. The Morgan fingerprint density at radius 3 is 2.82 bits per heavy atom. The van der Waals surface area contributed by atoms with Crippen LogP contribution < -0.4 is 21.3 Å². The number of thiophene rings is 1. The number of nitrogens with zero attached hydrogens (tertiary/aromatic N) is 1. The van der Waals surface area contributed by atoms with Gasteiger partial charge in [-0.2, -0.15) is 0 Å². The normalized spacial score (nSPS) is 10.6. The lowest BCUT2D eigenvalue weighted by Gasteiger charge is -2.14. The number of amides is 1. The van der Waals surface area contributed by atoms with Gasteiger partial charge < -0.3 is 20.4 Å². The molecule has 0 aliphatic heterocycles. The number of rotatable bonds is 9. The van der Waals surface area contributed by atoms with Crippen LogP contribution in [0.25, 0.3) is 0 Å². The van der Waals surface area contributed by atoms with Gasteiger partial charge in [0.1, 0.15) is 5.75 Å². The van der Waals surface area contributed by atoms with Gasteiger partial charge in [-0.15, -0.1) is 11.3 Å². The summed E-state index contributed by atoms with van der Waals surface area (Å²) in [6.45, 7) is 3.00. The average molecular weight is 398 g/mol. The zero-order chi connectivity index (χ0) is 19.9. The van der Waals surface area contributed by atoms with Crippen molar-refractivity contribution >= 4 is 22.9 Å². The fraction of sp³-hybridized carbons (Fsp3) is 0.238. The minimum absolute atomic E-state index is 0.0712. The van der Waals surface area contributed by atoms with Gasteiger partial charge in [0.2, 0.25) is 5.91 Å². The number of hydrogen-bond donors (Lipinski definition) is 2. The number of ether oxygens (including phenoxy) is 1. The molecule has 0 bridgehead atoms. The maximum Gasteiger partial charge on any atom is 0.254 e. The molecular formula is C21H23N3O3S. The van der Waals surface area contributed by atoms with Crippen molar-refractivity contribution in [2.45, 2.75) is 19.9 Å². The highest BCUT2D eigenvalue weighted by molar-refractivity contribution is 7.09. The van der Waals surface area contributed by atoms with Crippen LogP contribution in [-0.4, -0.2) is 23.6 Å². The quantitative estimate of drug-likeness (QED) is 0.581. The molecule has 6 nitrogen and oxygen atoms in total. The lowest BCUT2D eigenvalue weighted by molar-refractivity contribution is -0.116. The molecule has 0 aliphatic carbocycles. The summed E-state index contributed by atoms with van der Waals surface area (Å²) in [6.07, 6.45) is 2.57. The first kappa shape index (κ1) is 19.7. The number of nitrogens with one attached hydrogen (secondary N) is 1. The number of pyridine rings is 1. The first-order valence-electron chi connectivity index (χ1n) is 8.99. The molecule has 28 heavy (non-hydrogen) atoms. The third-order valence-electron chi connectivity index (χ3n) is 4.40. The predicted octanol–water partition coefficient (Wildman–Crippen LogP) is 2.79. The van der Waals surface area contributed by atoms with Gasteiger partial charge in [-0.25, -0.2) is 0 Å². The number of nitrogens with two attached hydrogens (primary N) is 1. The summed E-state index contributed by atoms with van der Waals surface area (Å²) in [5.74, 6) is 0.155. The Morgan fingerprint density at radius 1 is 1.25 bits per heavy atom. The van der Waals surface area contributed by atoms with Crippen LogP contribution >= 0.6 is 11.3 Å². The van der Waals surface area contributed by atoms with Crippen molar-refractivity contribution in [1.82, 2.24) is 4.57 Å². The van der Waals surface area contributed by atoms with Crippen LogP contribution in [0, 0.1) is 6.92 Å². The fourth-order valence-corrected chi connectivity index (χ4v) is 3.54. The zero-order valence-electron chi connectivity index (χ0n) is 15.7. The molecule has 3 aromatic rings. The van der Waals surface area contributed by atoms with E-state index in [-0.39, 0.29) is 12.1 Å². The highest BCUT2D eigenvalue weighted by Gasteiger charge is 2.07. The number of aromatic nitrogens is 1. The summed E-state index contributed by atoms with van der Waals surface area (Å²) in [7, 11) is 0. The van der Waals surface area contributed by atoms with Crippen LogP contribution in [-0.2, 0) is 17.8 Å². The second-order valence-electron chi connectivity index (χ2n) is 6.42. The molecule has 3 N–H and O–H groups in total. The molecule has 0 radical (unpaired) electrons. The number of carbonyl (C=O) groups excluding carboxylic acids is 1. The summed E-state index contributed by atoms with van der Waals surface area (Å²) in [4.78, 5) is 24.7. The van der Waals surface area contributed by atoms with E-state index in [1.54, 1.807) is 28.2 Å². The molecule has 3 rings (SSSR count). The first-order chi connectivity index (χ1) is 13.5. The number of carbonyl (C=O) groups is 1. The van der Waals surface area contributed by atoms with Crippen LogP contribution in [0.4, 0.5) is 5.69 Å². The SMILES string of the molecule is Cc1c(Cn2ccc(OCCc3cccs3)cc2=O)cccc1NCC(N)=O. The predicted molar refractivity (Wildman–Crippen MR) is 112 cm³/mol. The summed E-state index contributed by atoms with van der Waals surface area (Å²) in [6, 6.07) is 13.1. The summed E-state index contributed by atoms with van der Waals surface area (Å²) in [5, 5.41) is 5.05. The van der Waals surface area contributed by atoms with Gasteiger partial charge >= 0.3 is 0 Å². The summed E-state index contributed by atoms with van der Waals surface area (Å²) >= 11 is 1.70. The molecule has 0 atom stereocenters. The van der Waals surface area contributed by atoms with Crippen molar-refractivity contribution < 1.29 is 9.53 Å². The Bertz CT molecular complexity index is 996. The van der Waals surface area contributed by atoms with Gasteiger partial charge in [-0.3, -0.25) is 9.59 Å². The molecule has 0 fully saturated rings. The maximum atomic E-state index is 12.5. The molecule has 0 unspecified atom stereocenters. The van der Waals surface area contributed by atoms with E-state index in [1.165, 1.54) is 10.9 Å². The van der Waals surface area contributed by atoms with E-state index in [2.05, 4.69) is 11.4 Å². The molecule has 1 aromatic carbocycles. The van der Waals surface area contributed by atoms with E-state index in [1.807, 2.05) is 36.6 Å². The van der Waals surface area contributed by atoms with Crippen LogP contribution in [0.3, 0.4) is 0 Å². The third kappa shape index (κ3) is 5.23. The van der Waals surface area contributed by atoms with E-state index < -0.39 is 5.91 Å². The monoisotopic (exact) mass is 397 g/mol. The molecular weight excluding hydrogens is 374 g/mol. The van der Waals surface area contributed by atoms with Gasteiger partial charge in [0.05, 0.1) is 19.7 Å². The molecule has 0 aliphatic rings. The molecule has 2 aromatic heterocycles. The highest BCUT2D eigenvalue weighted by Crippen LogP contribution is 2.19. The van der Waals surface area contributed by atoms with Gasteiger partial charge in [-0.1, -0.05) is 18.2 Å². The molecule has 1 amide bonds. The standard InChI is InChI=1S/C21H23N3O3S/c1-15-16(4-2-6-19(15)23-13-20(22)25)14-24-9-7-17(12-21(24)26)27-10-8-18-5-3-11-28-18/h2-7,9,11-12,23H,8,10,13-14H2,1H3,(H2,22,25). The molecule has 0 saturated carbocycles. The van der Waals surface area contributed by atoms with Crippen LogP contribution in [0.1, 0.15) is 16.0 Å². The Kier molecular flexibility index (Phi) is 6.49. The first-order valence-corrected chi connectivity index (χ1v) is 9.87. The minimum atomic E-state index is -0.421. The van der Waals surface area contributed by atoms with Crippen molar-refractivity contribution in [3.05, 3.63) is 80.4 Å². The number of hydrogen-bond acceptors (Lipinski definition) is 5. The van der Waals surface area contributed by atoms with Crippen molar-refractivity contribution in [3.8, 4) is 5.75 Å². The van der Waals surface area contributed by atoms with Crippen molar-refractivity contribution in [2.75, 3.05) is 18.5 Å². The topological polar surface area (TPSA) is 86.3 Å². The molecule has 7 heteroatoms. The van der Waals surface area contributed by atoms with E-state index in [9.17, 15) is 9.59 Å². The highest BCUT2D eigenvalue weighted by atomic mass is 32.1. The second kappa shape index (κ2) is 9.23. The average Bonchev–Trinajstić information content (AvgIpc) is 3.18. The van der Waals surface area contributed by atoms with Gasteiger partial charge in [0.15, 0.2) is 0 Å². The molecule has 146 valence electrons. The van der Waals surface area contributed by atoms with Crippen molar-refractivity contribution in [1.29, 1.82) is 0 Å². The summed E-state index contributed by atoms with van der Waals surface area (Å²) < 4.78 is 7.33. The molecule has 0 saturated heterocycles. The smallest absolute Gasteiger partial charge is 0.254 e. The fourth-order valence-electron chi connectivity index (χ4n) is 2.85. The number of primary amides is 1. The van der Waals surface area contributed by atoms with Gasteiger partial charge in [0.25, 0.3) is 5.56 Å². The number of anilines is 1. The lowest BCUT2D eigenvalue weighted by Crippen LogP contribution is -2.23. The van der Waals surface area contributed by atoms with Crippen molar-refractivity contribution in [3.63, 3.8) is 0 Å². The van der Waals surface area contributed by atoms with Gasteiger partial charge in [0, 0.05) is 29.2 Å². The van der Waals surface area contributed by atoms with Crippen LogP contribution in [0.15, 0.2) is 58.8 Å². The van der Waals surface area contributed by atoms with E-state index in [4.69, 9.17) is 10.5 Å². The molecule has 0 spiro atoms. The van der Waals surface area contributed by atoms with E-state index in [0.29, 0.717) is 18.9 Å². The Balaban J connectivity index is 1.65. The Morgan fingerprint density at radius 2 is 2.11 bits per heavy atom. The van der Waals surface area contributed by atoms with Gasteiger partial charge in [-0.05, 0) is 41.6 Å². The van der Waals surface area contributed by atoms with Crippen LogP contribution in [0.5, 0.6) is 5.75 Å². The van der Waals surface area contributed by atoms with E-state index in [0.717, 1.165) is 23.2 Å². The zero-order valence-corrected chi connectivity index (χ0v) is 16.5. The maximum absolute atomic E-state index is 12.5. The van der Waals surface area contributed by atoms with Crippen LogP contribution in [0.2, 0.25) is 0 Å². The third-order valence-corrected chi connectivity index (χ3v) is 5.34. The van der Waals surface area contributed by atoms with E-state index >= 15 is 0 Å². The Labute approximate surface area is 167 Å². The summed E-state index contributed by atoms with van der Waals surface area (Å²) in [5.41, 5.74) is 7.87. The Hall–Kier alpha value is -3.06.